The summed E-state index contributed by atoms with van der Waals surface area (Å²) >= 11 is 1.38. The van der Waals surface area contributed by atoms with Crippen LogP contribution < -0.4 is 10.5 Å². The number of amides is 1. The molecule has 1 heterocycles. The molecular formula is C16H23N3O4S. The van der Waals surface area contributed by atoms with Crippen LogP contribution in [0.1, 0.15) is 30.6 Å². The van der Waals surface area contributed by atoms with Crippen LogP contribution in [0.15, 0.2) is 17.0 Å². The lowest BCUT2D eigenvalue weighted by Crippen LogP contribution is -2.54. The smallest absolute Gasteiger partial charge is 0.285 e. The van der Waals surface area contributed by atoms with E-state index in [0.29, 0.717) is 30.2 Å². The number of ether oxygens (including phenoxy) is 1. The van der Waals surface area contributed by atoms with E-state index in [9.17, 15) is 14.9 Å². The molecule has 7 nitrogen and oxygen atoms in total. The van der Waals surface area contributed by atoms with Crippen molar-refractivity contribution < 1.29 is 14.5 Å². The normalized spacial score (nSPS) is 19.9. The summed E-state index contributed by atoms with van der Waals surface area (Å²) in [5.74, 6) is 0.0615. The Labute approximate surface area is 145 Å². The molecule has 1 saturated heterocycles. The van der Waals surface area contributed by atoms with Gasteiger partial charge in [0.1, 0.15) is 11.3 Å². The van der Waals surface area contributed by atoms with Crippen LogP contribution in [0.25, 0.3) is 0 Å². The summed E-state index contributed by atoms with van der Waals surface area (Å²) in [5, 5.41) is 11.4. The van der Waals surface area contributed by atoms with Crippen molar-refractivity contribution in [3.63, 3.8) is 0 Å². The zero-order chi connectivity index (χ0) is 18.1. The molecule has 1 unspecified atom stereocenters. The van der Waals surface area contributed by atoms with Crippen molar-refractivity contribution in [1.82, 2.24) is 4.90 Å². The Kier molecular flexibility index (Phi) is 5.39. The van der Waals surface area contributed by atoms with Gasteiger partial charge in [-0.3, -0.25) is 14.9 Å². The lowest BCUT2D eigenvalue weighted by Gasteiger charge is -2.42. The van der Waals surface area contributed by atoms with E-state index in [4.69, 9.17) is 10.5 Å². The van der Waals surface area contributed by atoms with Crippen LogP contribution in [0.3, 0.4) is 0 Å². The Bertz CT molecular complexity index is 663. The summed E-state index contributed by atoms with van der Waals surface area (Å²) in [7, 11) is 1.45. The first-order valence-electron chi connectivity index (χ1n) is 7.66. The summed E-state index contributed by atoms with van der Waals surface area (Å²) in [5.41, 5.74) is 5.74. The molecule has 1 aromatic carbocycles. The molecule has 1 aromatic rings. The van der Waals surface area contributed by atoms with Crippen LogP contribution in [0.4, 0.5) is 5.69 Å². The average molecular weight is 353 g/mol. The number of hydrogen-bond acceptors (Lipinski definition) is 6. The van der Waals surface area contributed by atoms with E-state index in [1.807, 2.05) is 20.1 Å². The molecule has 0 radical (unpaired) electrons. The Morgan fingerprint density at radius 3 is 2.67 bits per heavy atom. The predicted octanol–water partition coefficient (Wildman–Crippen LogP) is 2.52. The Hall–Kier alpha value is -1.80. The summed E-state index contributed by atoms with van der Waals surface area (Å²) in [4.78, 5) is 26.1. The second kappa shape index (κ2) is 6.98. The molecule has 1 atom stereocenters. The van der Waals surface area contributed by atoms with Crippen molar-refractivity contribution in [2.45, 2.75) is 31.2 Å². The van der Waals surface area contributed by atoms with Gasteiger partial charge in [0, 0.05) is 19.1 Å². The van der Waals surface area contributed by atoms with E-state index in [-0.39, 0.29) is 28.6 Å². The minimum atomic E-state index is -0.541. The third-order valence-corrected chi connectivity index (χ3v) is 5.29. The molecule has 1 aliphatic heterocycles. The van der Waals surface area contributed by atoms with Gasteiger partial charge in [-0.1, -0.05) is 13.8 Å². The van der Waals surface area contributed by atoms with Gasteiger partial charge in [-0.25, -0.2) is 0 Å². The second-order valence-corrected chi connectivity index (χ2v) is 7.44. The number of nitro groups is 1. The number of nitrogens with two attached hydrogens (primary N) is 1. The Balaban J connectivity index is 2.43. The molecule has 0 spiro atoms. The van der Waals surface area contributed by atoms with Crippen molar-refractivity contribution >= 4 is 23.4 Å². The Morgan fingerprint density at radius 1 is 1.50 bits per heavy atom. The van der Waals surface area contributed by atoms with Crippen LogP contribution in [0, 0.1) is 15.5 Å². The zero-order valence-electron chi connectivity index (χ0n) is 14.4. The fourth-order valence-corrected chi connectivity index (χ4v) is 3.49. The van der Waals surface area contributed by atoms with E-state index in [1.165, 1.54) is 24.9 Å². The van der Waals surface area contributed by atoms with Gasteiger partial charge in [0.05, 0.1) is 23.0 Å². The van der Waals surface area contributed by atoms with Gasteiger partial charge in [0.15, 0.2) is 0 Å². The van der Waals surface area contributed by atoms with E-state index < -0.39 is 4.92 Å². The molecule has 0 bridgehead atoms. The average Bonchev–Trinajstić information content (AvgIpc) is 2.55. The number of thioether (sulfide) groups is 1. The fraction of sp³-hybridized carbons (Fsp3) is 0.562. The molecular weight excluding hydrogens is 330 g/mol. The van der Waals surface area contributed by atoms with Crippen molar-refractivity contribution in [3.8, 4) is 5.75 Å². The van der Waals surface area contributed by atoms with E-state index >= 15 is 0 Å². The molecule has 0 aliphatic carbocycles. The van der Waals surface area contributed by atoms with E-state index in [1.54, 1.807) is 11.0 Å². The first-order chi connectivity index (χ1) is 11.2. The van der Waals surface area contributed by atoms with E-state index in [2.05, 4.69) is 0 Å². The standard InChI is InChI=1S/C16H23N3O4S/c1-16(2)9-18(6-5-14(16)17)15(20)10-7-13(24-4)12(23-3)8-11(10)19(21)22/h7-8,14H,5-6,9,17H2,1-4H3. The monoisotopic (exact) mass is 353 g/mol. The van der Waals surface area contributed by atoms with Crippen molar-refractivity contribution in [2.75, 3.05) is 26.5 Å². The van der Waals surface area contributed by atoms with Crippen LogP contribution in [-0.2, 0) is 0 Å². The third kappa shape index (κ3) is 3.49. The van der Waals surface area contributed by atoms with Gasteiger partial charge in [0.25, 0.3) is 11.6 Å². The topological polar surface area (TPSA) is 98.7 Å². The van der Waals surface area contributed by atoms with Crippen LogP contribution in [0.5, 0.6) is 5.75 Å². The molecule has 2 rings (SSSR count). The number of hydrogen-bond donors (Lipinski definition) is 1. The summed E-state index contributed by atoms with van der Waals surface area (Å²) in [6.45, 7) is 4.99. The first kappa shape index (κ1) is 18.5. The quantitative estimate of drug-likeness (QED) is 0.507. The highest BCUT2D eigenvalue weighted by atomic mass is 32.2. The molecule has 0 saturated carbocycles. The second-order valence-electron chi connectivity index (χ2n) is 6.59. The molecule has 1 fully saturated rings. The number of likely N-dealkylation sites (tertiary alicyclic amines) is 1. The molecule has 2 N–H and O–H groups in total. The van der Waals surface area contributed by atoms with E-state index in [0.717, 1.165) is 0 Å². The number of benzene rings is 1. The molecule has 8 heteroatoms. The van der Waals surface area contributed by atoms with Crippen LogP contribution >= 0.6 is 11.8 Å². The summed E-state index contributed by atoms with van der Waals surface area (Å²) in [6, 6.07) is 2.87. The van der Waals surface area contributed by atoms with Gasteiger partial charge in [0.2, 0.25) is 0 Å². The van der Waals surface area contributed by atoms with Crippen molar-refractivity contribution in [2.24, 2.45) is 11.1 Å². The summed E-state index contributed by atoms with van der Waals surface area (Å²) < 4.78 is 5.19. The van der Waals surface area contributed by atoms with Crippen molar-refractivity contribution in [3.05, 3.63) is 27.8 Å². The first-order valence-corrected chi connectivity index (χ1v) is 8.89. The third-order valence-electron chi connectivity index (χ3n) is 4.53. The number of carbonyl (C=O) groups excluding carboxylic acids is 1. The van der Waals surface area contributed by atoms with Crippen molar-refractivity contribution in [1.29, 1.82) is 0 Å². The highest BCUT2D eigenvalue weighted by Crippen LogP contribution is 2.36. The van der Waals surface area contributed by atoms with Gasteiger partial charge in [-0.2, -0.15) is 0 Å². The number of nitrogens with zero attached hydrogens (tertiary/aromatic N) is 2. The van der Waals surface area contributed by atoms with Gasteiger partial charge in [-0.05, 0) is 24.2 Å². The zero-order valence-corrected chi connectivity index (χ0v) is 15.2. The Morgan fingerprint density at radius 2 is 2.17 bits per heavy atom. The lowest BCUT2D eigenvalue weighted by molar-refractivity contribution is -0.385. The highest BCUT2D eigenvalue weighted by Gasteiger charge is 2.37. The predicted molar refractivity (Wildman–Crippen MR) is 93.7 cm³/mol. The SMILES string of the molecule is COc1cc([N+](=O)[O-])c(C(=O)N2CCC(N)C(C)(C)C2)cc1SC. The number of piperidine rings is 1. The number of rotatable bonds is 4. The minimum absolute atomic E-state index is 0.00848. The maximum atomic E-state index is 12.9. The fourth-order valence-electron chi connectivity index (χ4n) is 2.91. The minimum Gasteiger partial charge on any atom is -0.495 e. The van der Waals surface area contributed by atoms with Gasteiger partial charge in [-0.15, -0.1) is 11.8 Å². The largest absolute Gasteiger partial charge is 0.495 e. The molecule has 24 heavy (non-hydrogen) atoms. The number of carbonyl (C=O) groups is 1. The van der Waals surface area contributed by atoms with Gasteiger partial charge < -0.3 is 15.4 Å². The molecule has 0 aromatic heterocycles. The van der Waals surface area contributed by atoms with Crippen LogP contribution in [0.2, 0.25) is 0 Å². The maximum Gasteiger partial charge on any atom is 0.285 e. The molecule has 1 aliphatic rings. The van der Waals surface area contributed by atoms with Crippen LogP contribution in [-0.4, -0.2) is 48.2 Å². The molecule has 132 valence electrons. The maximum absolute atomic E-state index is 12.9. The lowest BCUT2D eigenvalue weighted by atomic mass is 9.79. The molecule has 1 amide bonds. The number of methoxy groups -OCH3 is 1. The number of nitro benzene ring substituents is 1. The summed E-state index contributed by atoms with van der Waals surface area (Å²) in [6.07, 6.45) is 2.51. The highest BCUT2D eigenvalue weighted by molar-refractivity contribution is 7.98. The van der Waals surface area contributed by atoms with Gasteiger partial charge >= 0.3 is 0 Å².